The smallest absolute Gasteiger partial charge is 0.273 e. The molecule has 0 atom stereocenters. The molecule has 98 valence electrons. The summed E-state index contributed by atoms with van der Waals surface area (Å²) >= 11 is 0.394. The number of hydrogen-bond acceptors (Lipinski definition) is 6. The minimum absolute atomic E-state index is 0.0839. The summed E-state index contributed by atoms with van der Waals surface area (Å²) in [6.07, 6.45) is 0. The summed E-state index contributed by atoms with van der Waals surface area (Å²) in [5, 5.41) is 10.7. The van der Waals surface area contributed by atoms with Crippen LogP contribution in [0.25, 0.3) is 0 Å². The van der Waals surface area contributed by atoms with E-state index >= 15 is 0 Å². The second-order valence-electron chi connectivity index (χ2n) is 3.55. The first-order valence-corrected chi connectivity index (χ1v) is 6.06. The van der Waals surface area contributed by atoms with Crippen LogP contribution in [0.2, 0.25) is 0 Å². The molecule has 0 radical (unpaired) electrons. The quantitative estimate of drug-likeness (QED) is 0.373. The predicted octanol–water partition coefficient (Wildman–Crippen LogP) is 3.92. The number of ether oxygens (including phenoxy) is 1. The molecule has 0 aliphatic rings. The highest BCUT2D eigenvalue weighted by Gasteiger charge is 2.12. The summed E-state index contributed by atoms with van der Waals surface area (Å²) < 4.78 is 17.0. The van der Waals surface area contributed by atoms with E-state index in [0.29, 0.717) is 23.7 Å². The average Bonchev–Trinajstić information content (AvgIpc) is 2.42. The molecule has 0 aliphatic carbocycles. The van der Waals surface area contributed by atoms with Crippen LogP contribution in [0.15, 0.2) is 48.5 Å². The summed E-state index contributed by atoms with van der Waals surface area (Å²) in [6, 6.07) is 13.0. The SMILES string of the molecule is O=[N+]([O-])c1ccc(NSO)c(Oc2ccccc2)c1. The molecular formula is C12H10N2O4S. The van der Waals surface area contributed by atoms with Gasteiger partial charge in [0.25, 0.3) is 5.69 Å². The van der Waals surface area contributed by atoms with Gasteiger partial charge in [0.1, 0.15) is 18.0 Å². The Hall–Kier alpha value is -2.25. The molecule has 0 saturated heterocycles. The van der Waals surface area contributed by atoms with Gasteiger partial charge in [-0.1, -0.05) is 18.2 Å². The Morgan fingerprint density at radius 2 is 1.95 bits per heavy atom. The van der Waals surface area contributed by atoms with Gasteiger partial charge in [-0.05, 0) is 18.2 Å². The number of rotatable bonds is 5. The molecule has 0 amide bonds. The van der Waals surface area contributed by atoms with Crippen molar-refractivity contribution in [2.45, 2.75) is 0 Å². The lowest BCUT2D eigenvalue weighted by Crippen LogP contribution is -1.94. The lowest BCUT2D eigenvalue weighted by Gasteiger charge is -2.10. The number of nitro benzene ring substituents is 1. The fourth-order valence-electron chi connectivity index (χ4n) is 1.46. The highest BCUT2D eigenvalue weighted by Crippen LogP contribution is 2.34. The predicted molar refractivity (Wildman–Crippen MR) is 73.5 cm³/mol. The Bertz CT molecular complexity index is 577. The molecule has 0 saturated carbocycles. The molecule has 0 unspecified atom stereocenters. The van der Waals surface area contributed by atoms with Crippen LogP contribution in [0.5, 0.6) is 11.5 Å². The average molecular weight is 278 g/mol. The van der Waals surface area contributed by atoms with Crippen molar-refractivity contribution in [3.8, 4) is 11.5 Å². The highest BCUT2D eigenvalue weighted by atomic mass is 32.2. The standard InChI is InChI=1S/C12H10N2O4S/c15-14(16)9-6-7-11(13-19-17)12(8-9)18-10-4-2-1-3-5-10/h1-8,13,17H. The van der Waals surface area contributed by atoms with Gasteiger partial charge in [-0.3, -0.25) is 10.1 Å². The Balaban J connectivity index is 2.34. The van der Waals surface area contributed by atoms with Crippen LogP contribution in [-0.2, 0) is 0 Å². The van der Waals surface area contributed by atoms with Crippen molar-refractivity contribution in [2.75, 3.05) is 4.72 Å². The molecule has 2 aromatic carbocycles. The number of nitrogens with zero attached hydrogens (tertiary/aromatic N) is 1. The van der Waals surface area contributed by atoms with Crippen LogP contribution < -0.4 is 9.46 Å². The summed E-state index contributed by atoms with van der Waals surface area (Å²) in [4.78, 5) is 10.2. The third-order valence-electron chi connectivity index (χ3n) is 2.30. The number of anilines is 1. The Morgan fingerprint density at radius 1 is 1.21 bits per heavy atom. The summed E-state index contributed by atoms with van der Waals surface area (Å²) in [5.74, 6) is 0.816. The van der Waals surface area contributed by atoms with E-state index < -0.39 is 4.92 Å². The lowest BCUT2D eigenvalue weighted by atomic mass is 10.2. The highest BCUT2D eigenvalue weighted by molar-refractivity contribution is 7.95. The van der Waals surface area contributed by atoms with Crippen molar-refractivity contribution in [3.63, 3.8) is 0 Å². The topological polar surface area (TPSA) is 84.6 Å². The van der Waals surface area contributed by atoms with Crippen molar-refractivity contribution in [1.82, 2.24) is 0 Å². The van der Waals surface area contributed by atoms with Gasteiger partial charge in [0.05, 0.1) is 16.7 Å². The zero-order valence-electron chi connectivity index (χ0n) is 9.65. The summed E-state index contributed by atoms with van der Waals surface area (Å²) in [7, 11) is 0. The molecule has 2 rings (SSSR count). The van der Waals surface area contributed by atoms with Crippen LogP contribution in [0.1, 0.15) is 0 Å². The molecule has 7 heteroatoms. The Morgan fingerprint density at radius 3 is 2.58 bits per heavy atom. The third-order valence-corrected chi connectivity index (χ3v) is 2.61. The van der Waals surface area contributed by atoms with Crippen molar-refractivity contribution < 1.29 is 14.2 Å². The van der Waals surface area contributed by atoms with E-state index in [2.05, 4.69) is 4.72 Å². The molecule has 0 bridgehead atoms. The van der Waals surface area contributed by atoms with E-state index in [4.69, 9.17) is 9.29 Å². The van der Waals surface area contributed by atoms with Crippen LogP contribution in [0.4, 0.5) is 11.4 Å². The molecule has 0 fully saturated rings. The fourth-order valence-corrected chi connectivity index (χ4v) is 1.73. The molecular weight excluding hydrogens is 268 g/mol. The van der Waals surface area contributed by atoms with Crippen LogP contribution in [-0.4, -0.2) is 9.48 Å². The minimum atomic E-state index is -0.506. The molecule has 2 aromatic rings. The first kappa shape index (κ1) is 13.2. The molecule has 0 aliphatic heterocycles. The maximum Gasteiger partial charge on any atom is 0.273 e. The van der Waals surface area contributed by atoms with Crippen molar-refractivity contribution in [2.24, 2.45) is 0 Å². The monoisotopic (exact) mass is 278 g/mol. The zero-order chi connectivity index (χ0) is 13.7. The van der Waals surface area contributed by atoms with Crippen molar-refractivity contribution >= 4 is 23.6 Å². The normalized spacial score (nSPS) is 9.95. The van der Waals surface area contributed by atoms with Gasteiger partial charge in [-0.15, -0.1) is 0 Å². The van der Waals surface area contributed by atoms with Gasteiger partial charge < -0.3 is 14.0 Å². The van der Waals surface area contributed by atoms with Gasteiger partial charge >= 0.3 is 0 Å². The van der Waals surface area contributed by atoms with Gasteiger partial charge in [-0.2, -0.15) is 0 Å². The van der Waals surface area contributed by atoms with E-state index in [0.717, 1.165) is 0 Å². The molecule has 2 N–H and O–H groups in total. The van der Waals surface area contributed by atoms with E-state index in [1.165, 1.54) is 18.2 Å². The van der Waals surface area contributed by atoms with Gasteiger partial charge in [0.15, 0.2) is 5.75 Å². The lowest BCUT2D eigenvalue weighted by molar-refractivity contribution is -0.384. The van der Waals surface area contributed by atoms with E-state index in [1.54, 1.807) is 24.3 Å². The summed E-state index contributed by atoms with van der Waals surface area (Å²) in [5.41, 5.74) is 0.362. The maximum absolute atomic E-state index is 10.7. The zero-order valence-corrected chi connectivity index (χ0v) is 10.5. The van der Waals surface area contributed by atoms with E-state index in [9.17, 15) is 10.1 Å². The maximum atomic E-state index is 10.7. The molecule has 0 heterocycles. The second-order valence-corrected chi connectivity index (χ2v) is 3.93. The third kappa shape index (κ3) is 3.36. The van der Waals surface area contributed by atoms with E-state index in [1.807, 2.05) is 6.07 Å². The van der Waals surface area contributed by atoms with Crippen LogP contribution in [0.3, 0.4) is 0 Å². The van der Waals surface area contributed by atoms with Crippen LogP contribution in [0, 0.1) is 10.1 Å². The number of nitro groups is 1. The number of para-hydroxylation sites is 1. The minimum Gasteiger partial charge on any atom is -0.455 e. The molecule has 0 spiro atoms. The van der Waals surface area contributed by atoms with Gasteiger partial charge in [0, 0.05) is 6.07 Å². The molecule has 6 nitrogen and oxygen atoms in total. The molecule has 19 heavy (non-hydrogen) atoms. The number of benzene rings is 2. The van der Waals surface area contributed by atoms with Crippen molar-refractivity contribution in [3.05, 3.63) is 58.6 Å². The van der Waals surface area contributed by atoms with Gasteiger partial charge in [-0.25, -0.2) is 0 Å². The Labute approximate surface area is 113 Å². The second kappa shape index (κ2) is 6.07. The number of nitrogens with one attached hydrogen (secondary N) is 1. The van der Waals surface area contributed by atoms with E-state index in [-0.39, 0.29) is 11.4 Å². The summed E-state index contributed by atoms with van der Waals surface area (Å²) in [6.45, 7) is 0. The Kier molecular flexibility index (Phi) is 4.22. The van der Waals surface area contributed by atoms with Crippen LogP contribution >= 0.6 is 12.2 Å². The largest absolute Gasteiger partial charge is 0.455 e. The van der Waals surface area contributed by atoms with Gasteiger partial charge in [0.2, 0.25) is 0 Å². The number of non-ortho nitro benzene ring substituents is 1. The first-order chi connectivity index (χ1) is 9.20. The molecule has 0 aromatic heterocycles. The number of hydrogen-bond donors (Lipinski definition) is 2. The van der Waals surface area contributed by atoms with Crippen molar-refractivity contribution in [1.29, 1.82) is 0 Å². The first-order valence-electron chi connectivity index (χ1n) is 5.28. The fraction of sp³-hybridized carbons (Fsp3) is 0.